The first-order valence-corrected chi connectivity index (χ1v) is 13.4. The molecular formula is C30H29N3O4S. The number of aryl methyl sites for hydroxylation is 2. The lowest BCUT2D eigenvalue weighted by molar-refractivity contribution is -0.139. The Morgan fingerprint density at radius 3 is 2.66 bits per heavy atom. The van der Waals surface area contributed by atoms with Crippen molar-refractivity contribution in [2.75, 3.05) is 6.61 Å². The third-order valence-corrected chi connectivity index (χ3v) is 7.35. The molecule has 0 unspecified atom stereocenters. The van der Waals surface area contributed by atoms with Crippen LogP contribution in [0.2, 0.25) is 0 Å². The average molecular weight is 528 g/mol. The van der Waals surface area contributed by atoms with Crippen LogP contribution in [-0.4, -0.2) is 28.6 Å². The number of ether oxygens (including phenoxy) is 1. The zero-order chi connectivity index (χ0) is 26.6. The summed E-state index contributed by atoms with van der Waals surface area (Å²) in [5, 5.41) is 5.58. The van der Waals surface area contributed by atoms with Gasteiger partial charge in [0, 0.05) is 11.3 Å². The summed E-state index contributed by atoms with van der Waals surface area (Å²) in [5.41, 5.74) is 5.74. The largest absolute Gasteiger partial charge is 0.467 e. The van der Waals surface area contributed by atoms with Crippen molar-refractivity contribution < 1.29 is 18.7 Å². The Morgan fingerprint density at radius 2 is 1.92 bits per heavy atom. The number of fused-ring (bicyclic) bond motifs is 1. The molecule has 38 heavy (non-hydrogen) atoms. The summed E-state index contributed by atoms with van der Waals surface area (Å²) < 4.78 is 10.9. The Morgan fingerprint density at radius 1 is 1.11 bits per heavy atom. The van der Waals surface area contributed by atoms with Crippen LogP contribution in [0.4, 0.5) is 0 Å². The van der Waals surface area contributed by atoms with Crippen molar-refractivity contribution in [1.29, 1.82) is 0 Å². The van der Waals surface area contributed by atoms with Crippen LogP contribution in [0.25, 0.3) is 5.70 Å². The Bertz CT molecular complexity index is 1440. The SMILES string of the molecule is CCOC(=O)C1=C(c2ccccc2)N=C2SC=C(CC(=O)NCc3ccco3)N2[C@@H]1c1cc(C)ccc1C. The topological polar surface area (TPSA) is 84.1 Å². The Kier molecular flexibility index (Phi) is 7.51. The monoisotopic (exact) mass is 527 g/mol. The predicted molar refractivity (Wildman–Crippen MR) is 149 cm³/mol. The molecule has 5 rings (SSSR count). The third kappa shape index (κ3) is 5.17. The van der Waals surface area contributed by atoms with Crippen LogP contribution in [0, 0.1) is 13.8 Å². The van der Waals surface area contributed by atoms with Crippen LogP contribution in [0.15, 0.2) is 93.0 Å². The van der Waals surface area contributed by atoms with Gasteiger partial charge in [0.05, 0.1) is 43.1 Å². The molecule has 0 radical (unpaired) electrons. The molecule has 1 N–H and O–H groups in total. The minimum absolute atomic E-state index is 0.130. The van der Waals surface area contributed by atoms with Gasteiger partial charge in [-0.15, -0.1) is 0 Å². The van der Waals surface area contributed by atoms with Crippen molar-refractivity contribution in [2.45, 2.75) is 39.8 Å². The molecule has 0 bridgehead atoms. The van der Waals surface area contributed by atoms with Crippen molar-refractivity contribution in [3.63, 3.8) is 0 Å². The number of aliphatic imine (C=N–C) groups is 1. The number of carbonyl (C=O) groups excluding carboxylic acids is 2. The fourth-order valence-corrected chi connectivity index (χ4v) is 5.58. The normalized spacial score (nSPS) is 16.6. The van der Waals surface area contributed by atoms with E-state index in [1.54, 1.807) is 19.3 Å². The molecule has 2 aromatic carbocycles. The van der Waals surface area contributed by atoms with Gasteiger partial charge in [-0.25, -0.2) is 9.79 Å². The quantitative estimate of drug-likeness (QED) is 0.369. The van der Waals surface area contributed by atoms with Gasteiger partial charge in [-0.3, -0.25) is 4.79 Å². The first kappa shape index (κ1) is 25.6. The first-order chi connectivity index (χ1) is 18.5. The lowest BCUT2D eigenvalue weighted by Crippen LogP contribution is -2.38. The number of rotatable bonds is 8. The molecule has 3 heterocycles. The molecule has 2 aliphatic rings. The smallest absolute Gasteiger partial charge is 0.338 e. The summed E-state index contributed by atoms with van der Waals surface area (Å²) in [6.45, 7) is 6.41. The zero-order valence-corrected chi connectivity index (χ0v) is 22.4. The van der Waals surface area contributed by atoms with E-state index in [2.05, 4.69) is 23.5 Å². The molecule has 8 heteroatoms. The van der Waals surface area contributed by atoms with E-state index in [-0.39, 0.29) is 18.9 Å². The summed E-state index contributed by atoms with van der Waals surface area (Å²) in [7, 11) is 0. The van der Waals surface area contributed by atoms with E-state index in [9.17, 15) is 9.59 Å². The van der Waals surface area contributed by atoms with Crippen molar-refractivity contribution in [2.24, 2.45) is 4.99 Å². The highest BCUT2D eigenvalue weighted by molar-refractivity contribution is 8.16. The fourth-order valence-electron chi connectivity index (χ4n) is 4.66. The molecule has 0 fully saturated rings. The number of benzene rings is 2. The number of furan rings is 1. The average Bonchev–Trinajstić information content (AvgIpc) is 3.59. The van der Waals surface area contributed by atoms with Gasteiger partial charge in [-0.1, -0.05) is 65.9 Å². The molecule has 194 valence electrons. The van der Waals surface area contributed by atoms with E-state index < -0.39 is 12.0 Å². The summed E-state index contributed by atoms with van der Waals surface area (Å²) in [4.78, 5) is 33.6. The number of amides is 1. The van der Waals surface area contributed by atoms with Crippen LogP contribution in [0.3, 0.4) is 0 Å². The van der Waals surface area contributed by atoms with Crippen molar-refractivity contribution in [3.8, 4) is 0 Å². The number of esters is 1. The fraction of sp³-hybridized carbons (Fsp3) is 0.233. The van der Waals surface area contributed by atoms with Gasteiger partial charge >= 0.3 is 5.97 Å². The minimum atomic E-state index is -0.504. The highest BCUT2D eigenvalue weighted by atomic mass is 32.2. The van der Waals surface area contributed by atoms with Gasteiger partial charge in [-0.2, -0.15) is 0 Å². The second kappa shape index (κ2) is 11.1. The molecule has 0 saturated heterocycles. The van der Waals surface area contributed by atoms with E-state index in [0.717, 1.165) is 33.1 Å². The van der Waals surface area contributed by atoms with E-state index in [1.807, 2.05) is 60.6 Å². The van der Waals surface area contributed by atoms with Crippen LogP contribution >= 0.6 is 11.8 Å². The third-order valence-electron chi connectivity index (χ3n) is 6.46. The van der Waals surface area contributed by atoms with Crippen LogP contribution < -0.4 is 5.32 Å². The van der Waals surface area contributed by atoms with E-state index in [0.29, 0.717) is 23.6 Å². The minimum Gasteiger partial charge on any atom is -0.467 e. The summed E-state index contributed by atoms with van der Waals surface area (Å²) in [6, 6.07) is 19.0. The first-order valence-electron chi connectivity index (χ1n) is 12.5. The number of thioether (sulfide) groups is 1. The lowest BCUT2D eigenvalue weighted by atomic mass is 9.88. The second-order valence-electron chi connectivity index (χ2n) is 9.14. The molecule has 7 nitrogen and oxygen atoms in total. The molecule has 1 amide bonds. The molecule has 3 aromatic rings. The molecule has 0 aliphatic carbocycles. The number of carbonyl (C=O) groups is 2. The highest BCUT2D eigenvalue weighted by Crippen LogP contribution is 2.47. The number of hydrogen-bond donors (Lipinski definition) is 1. The number of hydrogen-bond acceptors (Lipinski definition) is 7. The number of amidine groups is 1. The maximum absolute atomic E-state index is 13.6. The molecule has 1 atom stereocenters. The van der Waals surface area contributed by atoms with Gasteiger partial charge < -0.3 is 19.4 Å². The molecule has 1 aromatic heterocycles. The maximum Gasteiger partial charge on any atom is 0.338 e. The Hall–Kier alpha value is -4.04. The molecule has 0 saturated carbocycles. The van der Waals surface area contributed by atoms with E-state index in [4.69, 9.17) is 14.1 Å². The van der Waals surface area contributed by atoms with Crippen molar-refractivity contribution in [3.05, 3.63) is 112 Å². The summed E-state index contributed by atoms with van der Waals surface area (Å²) in [5.74, 6) is 0.116. The Labute approximate surface area is 226 Å². The van der Waals surface area contributed by atoms with Gasteiger partial charge in [0.1, 0.15) is 5.76 Å². The van der Waals surface area contributed by atoms with Gasteiger partial charge in [0.2, 0.25) is 5.91 Å². The van der Waals surface area contributed by atoms with E-state index >= 15 is 0 Å². The van der Waals surface area contributed by atoms with Crippen LogP contribution in [0.5, 0.6) is 0 Å². The Balaban J connectivity index is 1.58. The maximum atomic E-state index is 13.6. The van der Waals surface area contributed by atoms with Crippen molar-refractivity contribution >= 4 is 34.5 Å². The number of nitrogens with zero attached hydrogens (tertiary/aromatic N) is 2. The molecule has 2 aliphatic heterocycles. The van der Waals surface area contributed by atoms with Gasteiger partial charge in [0.15, 0.2) is 5.17 Å². The van der Waals surface area contributed by atoms with Gasteiger partial charge in [-0.05, 0) is 49.4 Å². The zero-order valence-electron chi connectivity index (χ0n) is 21.6. The van der Waals surface area contributed by atoms with Crippen molar-refractivity contribution in [1.82, 2.24) is 10.2 Å². The predicted octanol–water partition coefficient (Wildman–Crippen LogP) is 5.88. The summed E-state index contributed by atoms with van der Waals surface area (Å²) in [6.07, 6.45) is 1.71. The lowest BCUT2D eigenvalue weighted by Gasteiger charge is -2.37. The number of nitrogens with one attached hydrogen (secondary N) is 1. The van der Waals surface area contributed by atoms with Crippen LogP contribution in [-0.2, 0) is 20.9 Å². The molecular weight excluding hydrogens is 498 g/mol. The molecule has 0 spiro atoms. The highest BCUT2D eigenvalue weighted by Gasteiger charge is 2.42. The van der Waals surface area contributed by atoms with E-state index in [1.165, 1.54) is 11.8 Å². The standard InChI is InChI=1S/C30H29N3O4S/c1-4-36-29(35)26-27(21-9-6-5-7-10-21)32-30-33(28(26)24-15-19(2)12-13-20(24)3)22(18-38-30)16-25(34)31-17-23-11-8-14-37-23/h5-15,18,28H,4,16-17H2,1-3H3,(H,31,34)/t28-/m1/s1. The second-order valence-corrected chi connectivity index (χ2v) is 9.97. The van der Waals surface area contributed by atoms with Crippen LogP contribution in [0.1, 0.15) is 47.4 Å². The summed E-state index contributed by atoms with van der Waals surface area (Å²) >= 11 is 1.46. The van der Waals surface area contributed by atoms with Gasteiger partial charge in [0.25, 0.3) is 0 Å².